The van der Waals surface area contributed by atoms with Crippen molar-refractivity contribution in [3.8, 4) is 5.75 Å². The SMILES string of the molecule is CCCCN1C(=O)/C(=C/c2ccc(OCCN(C)c3ccccn3)cc2)S/C1=N\O. The summed E-state index contributed by atoms with van der Waals surface area (Å²) >= 11 is 1.19. The Balaban J connectivity index is 1.56. The van der Waals surface area contributed by atoms with E-state index in [1.54, 1.807) is 6.20 Å². The molecule has 0 radical (unpaired) electrons. The van der Waals surface area contributed by atoms with Crippen LogP contribution in [0.4, 0.5) is 5.82 Å². The van der Waals surface area contributed by atoms with Crippen LogP contribution >= 0.6 is 11.8 Å². The first kappa shape index (κ1) is 21.7. The van der Waals surface area contributed by atoms with E-state index in [4.69, 9.17) is 4.74 Å². The summed E-state index contributed by atoms with van der Waals surface area (Å²) in [6.07, 6.45) is 5.40. The van der Waals surface area contributed by atoms with Gasteiger partial charge in [0.1, 0.15) is 18.2 Å². The summed E-state index contributed by atoms with van der Waals surface area (Å²) in [7, 11) is 1.98. The fourth-order valence-electron chi connectivity index (χ4n) is 2.90. The Morgan fingerprint density at radius 2 is 2.07 bits per heavy atom. The molecule has 1 amide bonds. The topological polar surface area (TPSA) is 78.3 Å². The molecule has 0 saturated carbocycles. The lowest BCUT2D eigenvalue weighted by atomic mass is 10.2. The van der Waals surface area contributed by atoms with Gasteiger partial charge < -0.3 is 14.8 Å². The summed E-state index contributed by atoms with van der Waals surface area (Å²) < 4.78 is 5.82. The van der Waals surface area contributed by atoms with E-state index in [1.807, 2.05) is 60.5 Å². The average Bonchev–Trinajstić information content (AvgIpc) is 3.08. The summed E-state index contributed by atoms with van der Waals surface area (Å²) in [5, 5.41) is 12.8. The molecule has 30 heavy (non-hydrogen) atoms. The van der Waals surface area contributed by atoms with Gasteiger partial charge in [-0.2, -0.15) is 0 Å². The summed E-state index contributed by atoms with van der Waals surface area (Å²) in [4.78, 5) is 21.0. The number of carbonyl (C=O) groups is 1. The molecule has 7 nitrogen and oxygen atoms in total. The van der Waals surface area contributed by atoms with Crippen LogP contribution in [-0.4, -0.2) is 52.9 Å². The molecule has 1 aliphatic heterocycles. The standard InChI is InChI=1S/C22H26N4O3S/c1-3-4-13-26-21(27)19(30-22(26)24-28)16-17-8-10-18(11-9-17)29-15-14-25(2)20-7-5-6-12-23-20/h5-12,16,28H,3-4,13-15H2,1-2H3/b19-16-,24-22-. The maximum atomic E-state index is 12.6. The maximum absolute atomic E-state index is 12.6. The Morgan fingerprint density at radius 1 is 1.27 bits per heavy atom. The molecular weight excluding hydrogens is 400 g/mol. The van der Waals surface area contributed by atoms with Crippen LogP contribution in [0.15, 0.2) is 58.7 Å². The summed E-state index contributed by atoms with van der Waals surface area (Å²) in [6.45, 7) is 3.86. The van der Waals surface area contributed by atoms with Gasteiger partial charge in [0, 0.05) is 19.8 Å². The van der Waals surface area contributed by atoms with Crippen molar-refractivity contribution in [2.24, 2.45) is 5.16 Å². The van der Waals surface area contributed by atoms with E-state index in [2.05, 4.69) is 17.1 Å². The third-order valence-corrected chi connectivity index (χ3v) is 5.62. The quantitative estimate of drug-likeness (QED) is 0.370. The monoisotopic (exact) mass is 426 g/mol. The largest absolute Gasteiger partial charge is 0.492 e. The highest BCUT2D eigenvalue weighted by Gasteiger charge is 2.33. The van der Waals surface area contributed by atoms with Gasteiger partial charge in [0.2, 0.25) is 5.17 Å². The number of unbranched alkanes of at least 4 members (excludes halogenated alkanes) is 1. The van der Waals surface area contributed by atoms with Gasteiger partial charge in [0.05, 0.1) is 11.4 Å². The minimum absolute atomic E-state index is 0.126. The van der Waals surface area contributed by atoms with Crippen molar-refractivity contribution in [3.63, 3.8) is 0 Å². The molecular formula is C22H26N4O3S. The van der Waals surface area contributed by atoms with Crippen LogP contribution in [0.25, 0.3) is 6.08 Å². The van der Waals surface area contributed by atoms with Crippen LogP contribution in [0.2, 0.25) is 0 Å². The van der Waals surface area contributed by atoms with E-state index in [-0.39, 0.29) is 5.91 Å². The van der Waals surface area contributed by atoms with Crippen LogP contribution < -0.4 is 9.64 Å². The van der Waals surface area contributed by atoms with Crippen LogP contribution in [0, 0.1) is 0 Å². The van der Waals surface area contributed by atoms with Gasteiger partial charge in [-0.15, -0.1) is 0 Å². The molecule has 8 heteroatoms. The van der Waals surface area contributed by atoms with E-state index < -0.39 is 0 Å². The third-order valence-electron chi connectivity index (χ3n) is 4.62. The predicted octanol–water partition coefficient (Wildman–Crippen LogP) is 4.06. The zero-order chi connectivity index (χ0) is 21.3. The summed E-state index contributed by atoms with van der Waals surface area (Å²) in [5.74, 6) is 1.54. The minimum Gasteiger partial charge on any atom is -0.492 e. The average molecular weight is 427 g/mol. The summed E-state index contributed by atoms with van der Waals surface area (Å²) in [6, 6.07) is 13.4. The molecule has 0 bridgehead atoms. The van der Waals surface area contributed by atoms with Gasteiger partial charge >= 0.3 is 0 Å². The maximum Gasteiger partial charge on any atom is 0.266 e. The van der Waals surface area contributed by atoms with Crippen molar-refractivity contribution in [3.05, 3.63) is 59.1 Å². The van der Waals surface area contributed by atoms with E-state index in [1.165, 1.54) is 16.7 Å². The number of hydrogen-bond donors (Lipinski definition) is 1. The van der Waals surface area contributed by atoms with Crippen molar-refractivity contribution in [2.75, 3.05) is 31.6 Å². The number of carbonyl (C=O) groups excluding carboxylic acids is 1. The van der Waals surface area contributed by atoms with E-state index in [0.717, 1.165) is 30.0 Å². The minimum atomic E-state index is -0.126. The molecule has 0 aliphatic carbocycles. The van der Waals surface area contributed by atoms with Gasteiger partial charge in [0.25, 0.3) is 5.91 Å². The van der Waals surface area contributed by atoms with Crippen LogP contribution in [-0.2, 0) is 4.79 Å². The van der Waals surface area contributed by atoms with Crippen molar-refractivity contribution >= 4 is 34.7 Å². The fourth-order valence-corrected chi connectivity index (χ4v) is 3.82. The smallest absolute Gasteiger partial charge is 0.266 e. The van der Waals surface area contributed by atoms with Crippen LogP contribution in [0.1, 0.15) is 25.3 Å². The first-order valence-corrected chi connectivity index (χ1v) is 10.7. The second kappa shape index (κ2) is 10.7. The molecule has 1 aromatic carbocycles. The normalized spacial score (nSPS) is 16.5. The van der Waals surface area contributed by atoms with Crippen molar-refractivity contribution in [1.82, 2.24) is 9.88 Å². The Hall–Kier alpha value is -3.00. The van der Waals surface area contributed by atoms with Gasteiger partial charge in [-0.25, -0.2) is 4.98 Å². The first-order valence-electron chi connectivity index (χ1n) is 9.91. The molecule has 1 aliphatic rings. The lowest BCUT2D eigenvalue weighted by molar-refractivity contribution is -0.122. The van der Waals surface area contributed by atoms with Gasteiger partial charge in [-0.05, 0) is 54.1 Å². The number of aromatic nitrogens is 1. The molecule has 1 fully saturated rings. The third kappa shape index (κ3) is 5.54. The number of pyridine rings is 1. The number of amidine groups is 1. The number of oxime groups is 1. The Morgan fingerprint density at radius 3 is 2.73 bits per heavy atom. The van der Waals surface area contributed by atoms with Crippen LogP contribution in [0.3, 0.4) is 0 Å². The molecule has 2 aromatic rings. The lowest BCUT2D eigenvalue weighted by Gasteiger charge is -2.18. The fraction of sp³-hybridized carbons (Fsp3) is 0.318. The zero-order valence-corrected chi connectivity index (χ0v) is 18.0. The molecule has 0 unspecified atom stereocenters. The van der Waals surface area contributed by atoms with E-state index >= 15 is 0 Å². The number of likely N-dealkylation sites (N-methyl/N-ethyl adjacent to an activating group) is 1. The number of anilines is 1. The molecule has 0 atom stereocenters. The molecule has 158 valence electrons. The highest BCUT2D eigenvalue weighted by atomic mass is 32.2. The number of benzene rings is 1. The molecule has 1 N–H and O–H groups in total. The predicted molar refractivity (Wildman–Crippen MR) is 121 cm³/mol. The number of hydrogen-bond acceptors (Lipinski definition) is 7. The van der Waals surface area contributed by atoms with Crippen molar-refractivity contribution in [2.45, 2.75) is 19.8 Å². The summed E-state index contributed by atoms with van der Waals surface area (Å²) in [5.41, 5.74) is 0.887. The second-order valence-corrected chi connectivity index (χ2v) is 7.84. The highest BCUT2D eigenvalue weighted by molar-refractivity contribution is 8.18. The Labute approximate surface area is 181 Å². The van der Waals surface area contributed by atoms with E-state index in [0.29, 0.717) is 29.8 Å². The highest BCUT2D eigenvalue weighted by Crippen LogP contribution is 2.32. The van der Waals surface area contributed by atoms with Crippen molar-refractivity contribution < 1.29 is 14.7 Å². The number of ether oxygens (including phenoxy) is 1. The zero-order valence-electron chi connectivity index (χ0n) is 17.2. The second-order valence-electron chi connectivity index (χ2n) is 6.83. The van der Waals surface area contributed by atoms with Gasteiger partial charge in [-0.3, -0.25) is 9.69 Å². The molecule has 1 saturated heterocycles. The van der Waals surface area contributed by atoms with E-state index in [9.17, 15) is 10.0 Å². The number of thioether (sulfide) groups is 1. The number of nitrogens with zero attached hydrogens (tertiary/aromatic N) is 4. The Kier molecular flexibility index (Phi) is 7.73. The Bertz CT molecular complexity index is 900. The molecule has 1 aromatic heterocycles. The van der Waals surface area contributed by atoms with Crippen molar-refractivity contribution in [1.29, 1.82) is 0 Å². The molecule has 3 rings (SSSR count). The van der Waals surface area contributed by atoms with Gasteiger partial charge in [0.15, 0.2) is 0 Å². The molecule has 2 heterocycles. The van der Waals surface area contributed by atoms with Crippen LogP contribution in [0.5, 0.6) is 5.75 Å². The number of rotatable bonds is 9. The lowest BCUT2D eigenvalue weighted by Crippen LogP contribution is -2.30. The molecule has 0 spiro atoms. The number of amides is 1. The van der Waals surface area contributed by atoms with Gasteiger partial charge in [-0.1, -0.05) is 36.7 Å². The first-order chi connectivity index (χ1) is 14.6.